The number of hydrogen-bond donors (Lipinski definition) is 0. The predicted octanol–water partition coefficient (Wildman–Crippen LogP) is 26.5. The summed E-state index contributed by atoms with van der Waals surface area (Å²) in [5, 5.41) is 20.1. The fraction of sp³-hybridized carbons (Fsp3) is 0. The molecule has 2 heterocycles. The summed E-state index contributed by atoms with van der Waals surface area (Å²) in [7, 11) is 0. The van der Waals surface area contributed by atoms with Crippen molar-refractivity contribution >= 4 is 108 Å². The molecule has 20 aromatic rings. The first kappa shape index (κ1) is 56.6. The van der Waals surface area contributed by atoms with E-state index in [4.69, 9.17) is 0 Å². The smallest absolute Gasteiger partial charge is 0.0541 e. The fourth-order valence-electron chi connectivity index (χ4n) is 15.7. The van der Waals surface area contributed by atoms with Gasteiger partial charge in [0.25, 0.3) is 0 Å². The van der Waals surface area contributed by atoms with Crippen LogP contribution in [-0.2, 0) is 0 Å². The summed E-state index contributed by atoms with van der Waals surface area (Å²) >= 11 is 0. The first-order chi connectivity index (χ1) is 48.6. The standard InChI is InChI=1S/C54H34N2.C42H28/c1-2-14-45-43(13-1)44(31-32-54(45)56-52-25-9-5-17-48(52)49-18-6-10-26-53(49)56)42-22-12-20-40-39(19-11-21-41(40)42)37-28-27-36-34-38(30-29-35(36)33-37)55-50-23-7-3-15-46(50)47-16-4-8-24-51(47)55;1-3-9-29(10-4-1)31-17-19-35-27-37(23-21-33(35)25-31)39-13-7-16-42-40(14-8-15-41(39)42)38-24-22-34-26-32(18-20-36(34)28-38)30-11-5-2-6-12-30/h1-34H;1-28H. The van der Waals surface area contributed by atoms with Gasteiger partial charge in [0, 0.05) is 32.6 Å². The Bertz CT molecular complexity index is 6280. The largest absolute Gasteiger partial charge is 0.309 e. The van der Waals surface area contributed by atoms with Gasteiger partial charge >= 0.3 is 0 Å². The third-order valence-corrected chi connectivity index (χ3v) is 20.3. The highest BCUT2D eigenvalue weighted by Crippen LogP contribution is 2.44. The summed E-state index contributed by atoms with van der Waals surface area (Å²) in [4.78, 5) is 0. The summed E-state index contributed by atoms with van der Waals surface area (Å²) in [5.74, 6) is 0. The molecule has 0 radical (unpaired) electrons. The van der Waals surface area contributed by atoms with E-state index in [-0.39, 0.29) is 0 Å². The van der Waals surface area contributed by atoms with Gasteiger partial charge in [-0.1, -0.05) is 303 Å². The highest BCUT2D eigenvalue weighted by atomic mass is 15.0. The van der Waals surface area contributed by atoms with Crippen molar-refractivity contribution in [1.82, 2.24) is 9.13 Å². The zero-order chi connectivity index (χ0) is 64.6. The summed E-state index contributed by atoms with van der Waals surface area (Å²) in [5.41, 5.74) is 22.2. The van der Waals surface area contributed by atoms with Crippen molar-refractivity contribution in [2.24, 2.45) is 0 Å². The van der Waals surface area contributed by atoms with Crippen molar-refractivity contribution in [3.05, 3.63) is 376 Å². The lowest BCUT2D eigenvalue weighted by Crippen LogP contribution is -1.96. The van der Waals surface area contributed by atoms with Gasteiger partial charge < -0.3 is 9.13 Å². The average molecular weight is 1240 g/mol. The quantitative estimate of drug-likeness (QED) is 0.143. The lowest BCUT2D eigenvalue weighted by Gasteiger charge is -2.17. The molecule has 0 aliphatic rings. The second-order valence-electron chi connectivity index (χ2n) is 25.9. The number of aromatic nitrogens is 2. The molecule has 2 heteroatoms. The molecule has 0 fully saturated rings. The van der Waals surface area contributed by atoms with Gasteiger partial charge in [-0.2, -0.15) is 0 Å². The van der Waals surface area contributed by atoms with Crippen molar-refractivity contribution in [2.45, 2.75) is 0 Å². The van der Waals surface area contributed by atoms with Gasteiger partial charge in [0.1, 0.15) is 0 Å². The van der Waals surface area contributed by atoms with Crippen LogP contribution in [-0.4, -0.2) is 9.13 Å². The van der Waals surface area contributed by atoms with Crippen molar-refractivity contribution in [3.63, 3.8) is 0 Å². The Morgan fingerprint density at radius 3 is 0.857 bits per heavy atom. The Hall–Kier alpha value is -12.9. The van der Waals surface area contributed by atoms with Crippen LogP contribution >= 0.6 is 0 Å². The molecule has 0 aliphatic carbocycles. The zero-order valence-corrected chi connectivity index (χ0v) is 53.7. The number of benzene rings is 18. The molecule has 2 nitrogen and oxygen atoms in total. The fourth-order valence-corrected chi connectivity index (χ4v) is 15.7. The van der Waals surface area contributed by atoms with E-state index in [1.807, 2.05) is 0 Å². The van der Waals surface area contributed by atoms with Crippen LogP contribution in [0.2, 0.25) is 0 Å². The van der Waals surface area contributed by atoms with Crippen molar-refractivity contribution in [1.29, 1.82) is 0 Å². The topological polar surface area (TPSA) is 9.86 Å². The monoisotopic (exact) mass is 1240 g/mol. The molecule has 98 heavy (non-hydrogen) atoms. The van der Waals surface area contributed by atoms with Crippen LogP contribution in [0.3, 0.4) is 0 Å². The molecular weight excluding hydrogens is 1180 g/mol. The summed E-state index contributed by atoms with van der Waals surface area (Å²) in [6.45, 7) is 0. The molecule has 0 saturated carbocycles. The normalized spacial score (nSPS) is 11.7. The molecule has 0 spiro atoms. The zero-order valence-electron chi connectivity index (χ0n) is 53.7. The van der Waals surface area contributed by atoms with E-state index in [2.05, 4.69) is 385 Å². The molecule has 0 saturated heterocycles. The van der Waals surface area contributed by atoms with Crippen LogP contribution < -0.4 is 0 Å². The van der Waals surface area contributed by atoms with E-state index < -0.39 is 0 Å². The minimum absolute atomic E-state index is 1.17. The molecule has 0 amide bonds. The van der Waals surface area contributed by atoms with Crippen LogP contribution in [0.1, 0.15) is 0 Å². The number of nitrogens with zero attached hydrogens (tertiary/aromatic N) is 2. The van der Waals surface area contributed by atoms with Crippen molar-refractivity contribution in [2.75, 3.05) is 0 Å². The molecule has 456 valence electrons. The summed E-state index contributed by atoms with van der Waals surface area (Å²) in [6, 6.07) is 138. The maximum absolute atomic E-state index is 2.43. The van der Waals surface area contributed by atoms with E-state index in [0.717, 1.165) is 0 Å². The average Bonchev–Trinajstić information content (AvgIpc) is 1.73. The van der Waals surface area contributed by atoms with Crippen molar-refractivity contribution in [3.8, 4) is 78.1 Å². The lowest BCUT2D eigenvalue weighted by molar-refractivity contribution is 1.19. The summed E-state index contributed by atoms with van der Waals surface area (Å²) < 4.78 is 4.83. The number of fused-ring (bicyclic) bond motifs is 12. The highest BCUT2D eigenvalue weighted by Gasteiger charge is 2.19. The van der Waals surface area contributed by atoms with Gasteiger partial charge in [-0.25, -0.2) is 0 Å². The Balaban J connectivity index is 0.000000143. The van der Waals surface area contributed by atoms with Crippen LogP contribution in [0, 0.1) is 0 Å². The van der Waals surface area contributed by atoms with E-state index in [1.165, 1.54) is 186 Å². The SMILES string of the molecule is c1cc(-c2ccc(-n3c4ccccc4c4ccccc43)c3ccccc23)c2cccc(-c3ccc4cc(-n5c6ccccc6c6ccccc65)ccc4c3)c2c1.c1ccc(-c2ccc3cc(-c4cccc5c(-c6ccc7cc(-c8ccccc8)ccc7c6)cccc45)ccc3c2)cc1. The van der Waals surface area contributed by atoms with Crippen molar-refractivity contribution < 1.29 is 0 Å². The Kier molecular flexibility index (Phi) is 13.6. The van der Waals surface area contributed by atoms with E-state index in [0.29, 0.717) is 0 Å². The first-order valence-electron chi connectivity index (χ1n) is 33.9. The van der Waals surface area contributed by atoms with Crippen LogP contribution in [0.5, 0.6) is 0 Å². The molecule has 0 unspecified atom stereocenters. The molecular formula is C96H62N2. The van der Waals surface area contributed by atoms with Gasteiger partial charge in [-0.15, -0.1) is 0 Å². The third-order valence-electron chi connectivity index (χ3n) is 20.3. The number of hydrogen-bond acceptors (Lipinski definition) is 0. The van der Waals surface area contributed by atoms with Gasteiger partial charge in [-0.05, 0) is 199 Å². The maximum atomic E-state index is 2.43. The molecule has 18 aromatic carbocycles. The Morgan fingerprint density at radius 1 is 0.143 bits per heavy atom. The van der Waals surface area contributed by atoms with E-state index in [9.17, 15) is 0 Å². The minimum atomic E-state index is 1.17. The number of para-hydroxylation sites is 4. The lowest BCUT2D eigenvalue weighted by atomic mass is 9.90. The van der Waals surface area contributed by atoms with Crippen LogP contribution in [0.25, 0.3) is 186 Å². The minimum Gasteiger partial charge on any atom is -0.309 e. The molecule has 0 bridgehead atoms. The number of rotatable bonds is 8. The third kappa shape index (κ3) is 9.64. The van der Waals surface area contributed by atoms with Gasteiger partial charge in [-0.3, -0.25) is 0 Å². The van der Waals surface area contributed by atoms with Gasteiger partial charge in [0.05, 0.1) is 27.8 Å². The van der Waals surface area contributed by atoms with E-state index in [1.54, 1.807) is 0 Å². The van der Waals surface area contributed by atoms with Crippen LogP contribution in [0.4, 0.5) is 0 Å². The maximum Gasteiger partial charge on any atom is 0.0541 e. The predicted molar refractivity (Wildman–Crippen MR) is 419 cm³/mol. The highest BCUT2D eigenvalue weighted by molar-refractivity contribution is 6.15. The van der Waals surface area contributed by atoms with Gasteiger partial charge in [0.15, 0.2) is 0 Å². The second-order valence-corrected chi connectivity index (χ2v) is 25.9. The molecule has 0 atom stereocenters. The summed E-state index contributed by atoms with van der Waals surface area (Å²) in [6.07, 6.45) is 0. The van der Waals surface area contributed by atoms with Crippen LogP contribution in [0.15, 0.2) is 376 Å². The Labute approximate surface area is 568 Å². The first-order valence-corrected chi connectivity index (χ1v) is 33.9. The van der Waals surface area contributed by atoms with E-state index >= 15 is 0 Å². The Morgan fingerprint density at radius 2 is 0.429 bits per heavy atom. The second kappa shape index (κ2) is 23.5. The molecule has 0 N–H and O–H groups in total. The molecule has 2 aromatic heterocycles. The molecule has 20 rings (SSSR count). The van der Waals surface area contributed by atoms with Gasteiger partial charge in [0.2, 0.25) is 0 Å². The molecule has 0 aliphatic heterocycles.